The van der Waals surface area contributed by atoms with Crippen LogP contribution in [0.1, 0.15) is 47.2 Å². The molecule has 0 atom stereocenters. The average molecular weight is 251 g/mol. The van der Waals surface area contributed by atoms with Gasteiger partial charge >= 0.3 is 0 Å². The minimum atomic E-state index is 0.289. The zero-order valence-corrected chi connectivity index (χ0v) is 11.6. The fourth-order valence-corrected chi connectivity index (χ4v) is 3.41. The molecule has 2 nitrogen and oxygen atoms in total. The lowest BCUT2D eigenvalue weighted by atomic mass is 10.2. The number of aryl methyl sites for hydroxylation is 1. The number of hydrogen-bond acceptors (Lipinski definition) is 3. The van der Waals surface area contributed by atoms with Gasteiger partial charge in [-0.15, -0.1) is 11.3 Å². The molecule has 3 heteroatoms. The summed E-state index contributed by atoms with van der Waals surface area (Å²) >= 11 is 1.61. The molecule has 0 bridgehead atoms. The third-order valence-electron chi connectivity index (χ3n) is 3.61. The van der Waals surface area contributed by atoms with E-state index in [9.17, 15) is 4.79 Å². The number of carbonyl (C=O) groups excluding carboxylic acids is 1. The predicted octanol–water partition coefficient (Wildman–Crippen LogP) is 3.50. The van der Waals surface area contributed by atoms with Gasteiger partial charge in [0.2, 0.25) is 0 Å². The number of ketones is 1. The molecule has 2 rings (SSSR count). The average Bonchev–Trinajstić information content (AvgIpc) is 2.96. The molecule has 1 heterocycles. The molecule has 1 fully saturated rings. The number of rotatable bonds is 5. The van der Waals surface area contributed by atoms with Crippen molar-refractivity contribution in [1.29, 1.82) is 0 Å². The summed E-state index contributed by atoms with van der Waals surface area (Å²) in [6, 6.07) is 4.64. The molecule has 1 aliphatic carbocycles. The maximum atomic E-state index is 12.2. The summed E-state index contributed by atoms with van der Waals surface area (Å²) in [5, 5.41) is 0. The highest BCUT2D eigenvalue weighted by molar-refractivity contribution is 7.14. The van der Waals surface area contributed by atoms with E-state index in [1.165, 1.54) is 30.6 Å². The molecule has 1 aromatic heterocycles. The molecule has 1 aromatic rings. The van der Waals surface area contributed by atoms with Crippen molar-refractivity contribution < 1.29 is 4.79 Å². The topological polar surface area (TPSA) is 20.3 Å². The van der Waals surface area contributed by atoms with E-state index in [2.05, 4.69) is 18.7 Å². The van der Waals surface area contributed by atoms with E-state index < -0.39 is 0 Å². The highest BCUT2D eigenvalue weighted by Gasteiger charge is 2.23. The quantitative estimate of drug-likeness (QED) is 0.746. The lowest BCUT2D eigenvalue weighted by Gasteiger charge is -2.26. The van der Waals surface area contributed by atoms with Crippen molar-refractivity contribution in [2.75, 3.05) is 13.1 Å². The molecule has 17 heavy (non-hydrogen) atoms. The Kier molecular flexibility index (Phi) is 4.35. The van der Waals surface area contributed by atoms with Gasteiger partial charge in [-0.05, 0) is 38.4 Å². The van der Waals surface area contributed by atoms with Crippen LogP contribution in [0, 0.1) is 6.92 Å². The smallest absolute Gasteiger partial charge is 0.186 e. The van der Waals surface area contributed by atoms with E-state index in [0.29, 0.717) is 12.6 Å². The number of carbonyl (C=O) groups is 1. The molecule has 0 aliphatic heterocycles. The van der Waals surface area contributed by atoms with E-state index >= 15 is 0 Å². The zero-order chi connectivity index (χ0) is 12.3. The van der Waals surface area contributed by atoms with Crippen molar-refractivity contribution >= 4 is 17.1 Å². The molecular weight excluding hydrogens is 230 g/mol. The van der Waals surface area contributed by atoms with Gasteiger partial charge < -0.3 is 0 Å². The summed E-state index contributed by atoms with van der Waals surface area (Å²) in [7, 11) is 0. The molecule has 0 saturated heterocycles. The first kappa shape index (κ1) is 12.8. The summed E-state index contributed by atoms with van der Waals surface area (Å²) in [6.07, 6.45) is 5.19. The Balaban J connectivity index is 1.96. The third-order valence-corrected chi connectivity index (χ3v) is 4.65. The van der Waals surface area contributed by atoms with E-state index in [1.807, 2.05) is 12.1 Å². The fourth-order valence-electron chi connectivity index (χ4n) is 2.62. The summed E-state index contributed by atoms with van der Waals surface area (Å²) in [5.74, 6) is 0.289. The van der Waals surface area contributed by atoms with Gasteiger partial charge in [0.05, 0.1) is 11.4 Å². The largest absolute Gasteiger partial charge is 0.293 e. The number of hydrogen-bond donors (Lipinski definition) is 0. The van der Waals surface area contributed by atoms with Crippen molar-refractivity contribution in [2.45, 2.75) is 45.6 Å². The monoisotopic (exact) mass is 251 g/mol. The van der Waals surface area contributed by atoms with Gasteiger partial charge in [0, 0.05) is 10.9 Å². The first-order chi connectivity index (χ1) is 8.20. The van der Waals surface area contributed by atoms with Crippen LogP contribution in [0.2, 0.25) is 0 Å². The molecule has 0 radical (unpaired) electrons. The Bertz CT molecular complexity index is 379. The Morgan fingerprint density at radius 3 is 2.65 bits per heavy atom. The summed E-state index contributed by atoms with van der Waals surface area (Å²) in [5.41, 5.74) is 0. The van der Waals surface area contributed by atoms with E-state index in [0.717, 1.165) is 11.4 Å². The number of likely N-dealkylation sites (N-methyl/N-ethyl adjacent to an activating group) is 1. The maximum Gasteiger partial charge on any atom is 0.186 e. The van der Waals surface area contributed by atoms with Gasteiger partial charge in [0.25, 0.3) is 0 Å². The maximum absolute atomic E-state index is 12.2. The van der Waals surface area contributed by atoms with Crippen LogP contribution in [-0.2, 0) is 0 Å². The van der Waals surface area contributed by atoms with Crippen molar-refractivity contribution in [3.63, 3.8) is 0 Å². The van der Waals surface area contributed by atoms with E-state index in [4.69, 9.17) is 0 Å². The molecule has 0 spiro atoms. The third kappa shape index (κ3) is 3.17. The van der Waals surface area contributed by atoms with Gasteiger partial charge in [0.1, 0.15) is 0 Å². The van der Waals surface area contributed by atoms with Crippen LogP contribution >= 0.6 is 11.3 Å². The van der Waals surface area contributed by atoms with E-state index in [-0.39, 0.29) is 5.78 Å². The van der Waals surface area contributed by atoms with Gasteiger partial charge in [0.15, 0.2) is 5.78 Å². The van der Waals surface area contributed by atoms with Crippen LogP contribution in [0.3, 0.4) is 0 Å². The number of nitrogens with zero attached hydrogens (tertiary/aromatic N) is 1. The fraction of sp³-hybridized carbons (Fsp3) is 0.643. The lowest BCUT2D eigenvalue weighted by Crippen LogP contribution is -2.37. The summed E-state index contributed by atoms with van der Waals surface area (Å²) in [6.45, 7) is 5.79. The van der Waals surface area contributed by atoms with Crippen molar-refractivity contribution in [1.82, 2.24) is 4.90 Å². The Morgan fingerprint density at radius 2 is 2.12 bits per heavy atom. The van der Waals surface area contributed by atoms with Gasteiger partial charge in [-0.1, -0.05) is 19.8 Å². The molecule has 1 aliphatic rings. The Labute approximate surface area is 108 Å². The molecule has 0 aromatic carbocycles. The lowest BCUT2D eigenvalue weighted by molar-refractivity contribution is 0.0903. The highest BCUT2D eigenvalue weighted by Crippen LogP contribution is 2.24. The minimum absolute atomic E-state index is 0.289. The van der Waals surface area contributed by atoms with E-state index in [1.54, 1.807) is 11.3 Å². The van der Waals surface area contributed by atoms with Crippen LogP contribution < -0.4 is 0 Å². The van der Waals surface area contributed by atoms with Crippen molar-refractivity contribution in [2.24, 2.45) is 0 Å². The Hall–Kier alpha value is -0.670. The van der Waals surface area contributed by atoms with Gasteiger partial charge in [-0.2, -0.15) is 0 Å². The predicted molar refractivity (Wildman–Crippen MR) is 72.9 cm³/mol. The molecule has 0 N–H and O–H groups in total. The van der Waals surface area contributed by atoms with Crippen LogP contribution in [-0.4, -0.2) is 29.8 Å². The zero-order valence-electron chi connectivity index (χ0n) is 10.7. The molecule has 1 saturated carbocycles. The summed E-state index contributed by atoms with van der Waals surface area (Å²) in [4.78, 5) is 16.6. The van der Waals surface area contributed by atoms with Crippen molar-refractivity contribution in [3.8, 4) is 0 Å². The van der Waals surface area contributed by atoms with Crippen LogP contribution in [0.15, 0.2) is 12.1 Å². The molecule has 0 unspecified atom stereocenters. The second kappa shape index (κ2) is 5.78. The molecule has 94 valence electrons. The second-order valence-corrected chi connectivity index (χ2v) is 6.12. The molecular formula is C14H21NOS. The van der Waals surface area contributed by atoms with Gasteiger partial charge in [-0.3, -0.25) is 9.69 Å². The number of Topliss-reactive ketones (excluding diaryl/α,β-unsaturated/α-hetero) is 1. The highest BCUT2D eigenvalue weighted by atomic mass is 32.1. The van der Waals surface area contributed by atoms with Crippen LogP contribution in [0.4, 0.5) is 0 Å². The molecule has 0 amide bonds. The SMILES string of the molecule is CCN(CC(=O)c1ccc(C)s1)C1CCCC1. The number of thiophene rings is 1. The van der Waals surface area contributed by atoms with Crippen LogP contribution in [0.5, 0.6) is 0 Å². The van der Waals surface area contributed by atoms with Gasteiger partial charge in [-0.25, -0.2) is 0 Å². The van der Waals surface area contributed by atoms with Crippen LogP contribution in [0.25, 0.3) is 0 Å². The standard InChI is InChI=1S/C14H21NOS/c1-3-15(12-6-4-5-7-12)10-13(16)14-9-8-11(2)17-14/h8-9,12H,3-7,10H2,1-2H3. The summed E-state index contributed by atoms with van der Waals surface area (Å²) < 4.78 is 0. The second-order valence-electron chi connectivity index (χ2n) is 4.83. The normalized spacial score (nSPS) is 16.9. The minimum Gasteiger partial charge on any atom is -0.293 e. The van der Waals surface area contributed by atoms with Crippen molar-refractivity contribution in [3.05, 3.63) is 21.9 Å². The first-order valence-electron chi connectivity index (χ1n) is 6.54. The first-order valence-corrected chi connectivity index (χ1v) is 7.36. The Morgan fingerprint density at radius 1 is 1.41 bits per heavy atom.